The molecule has 1 atom stereocenters. The highest BCUT2D eigenvalue weighted by molar-refractivity contribution is 6.29. The van der Waals surface area contributed by atoms with Crippen LogP contribution < -0.4 is 5.32 Å². The lowest BCUT2D eigenvalue weighted by Crippen LogP contribution is -2.43. The number of carbonyl (C=O) groups is 2. The van der Waals surface area contributed by atoms with Crippen molar-refractivity contribution in [2.75, 3.05) is 7.05 Å². The number of hydrogen-bond donors (Lipinski definition) is 1. The molecule has 0 bridgehead atoms. The second kappa shape index (κ2) is 8.06. The normalized spacial score (nSPS) is 14.3. The molecule has 28 heavy (non-hydrogen) atoms. The van der Waals surface area contributed by atoms with Crippen molar-refractivity contribution in [1.82, 2.24) is 20.2 Å². The highest BCUT2D eigenvalue weighted by atomic mass is 35.5. The Morgan fingerprint density at radius 3 is 2.61 bits per heavy atom. The maximum atomic E-state index is 13.8. The quantitative estimate of drug-likeness (QED) is 0.594. The molecule has 2 heterocycles. The summed E-state index contributed by atoms with van der Waals surface area (Å²) in [7, 11) is 1.50. The van der Waals surface area contributed by atoms with Crippen molar-refractivity contribution in [1.29, 1.82) is 0 Å². The predicted octanol–water partition coefficient (Wildman–Crippen LogP) is 3.21. The third kappa shape index (κ3) is 4.20. The maximum Gasteiger partial charge on any atom is 0.247 e. The van der Waals surface area contributed by atoms with Gasteiger partial charge in [-0.15, -0.1) is 0 Å². The van der Waals surface area contributed by atoms with Gasteiger partial charge >= 0.3 is 0 Å². The molecule has 1 aliphatic carbocycles. The number of amides is 2. The Kier molecular flexibility index (Phi) is 5.74. The molecular weight excluding hydrogens is 383 g/mol. The van der Waals surface area contributed by atoms with E-state index in [4.69, 9.17) is 11.6 Å². The molecular formula is C20H20ClFN4O2. The van der Waals surface area contributed by atoms with Crippen LogP contribution in [0.3, 0.4) is 0 Å². The summed E-state index contributed by atoms with van der Waals surface area (Å²) in [5, 5.41) is 2.74. The molecule has 0 aliphatic heterocycles. The molecule has 146 valence electrons. The Labute approximate surface area is 167 Å². The highest BCUT2D eigenvalue weighted by Gasteiger charge is 2.40. The van der Waals surface area contributed by atoms with Crippen molar-refractivity contribution in [2.45, 2.75) is 31.8 Å². The first-order chi connectivity index (χ1) is 13.3. The van der Waals surface area contributed by atoms with Gasteiger partial charge in [0.05, 0.1) is 5.69 Å². The number of carbonyl (C=O) groups excluding carboxylic acids is 2. The fourth-order valence-electron chi connectivity index (χ4n) is 3.15. The van der Waals surface area contributed by atoms with E-state index >= 15 is 0 Å². The summed E-state index contributed by atoms with van der Waals surface area (Å²) >= 11 is 6.21. The Morgan fingerprint density at radius 1 is 1.32 bits per heavy atom. The first-order valence-electron chi connectivity index (χ1n) is 8.82. The Balaban J connectivity index is 2.12. The predicted molar refractivity (Wildman–Crippen MR) is 104 cm³/mol. The molecule has 1 fully saturated rings. The summed E-state index contributed by atoms with van der Waals surface area (Å²) in [6.45, 7) is 5.21. The van der Waals surface area contributed by atoms with Crippen LogP contribution in [-0.2, 0) is 9.59 Å². The second-order valence-electron chi connectivity index (χ2n) is 6.63. The van der Waals surface area contributed by atoms with Gasteiger partial charge in [0.15, 0.2) is 0 Å². The van der Waals surface area contributed by atoms with Crippen molar-refractivity contribution in [3.05, 3.63) is 59.3 Å². The minimum atomic E-state index is -0.893. The molecule has 0 spiro atoms. The fraction of sp³-hybridized carbons (Fsp3) is 0.300. The van der Waals surface area contributed by atoms with Gasteiger partial charge in [-0.05, 0) is 49.6 Å². The van der Waals surface area contributed by atoms with Gasteiger partial charge < -0.3 is 10.2 Å². The molecule has 0 saturated heterocycles. The summed E-state index contributed by atoms with van der Waals surface area (Å²) in [5.74, 6) is -1.33. The lowest BCUT2D eigenvalue weighted by molar-refractivity contribution is -0.137. The average Bonchev–Trinajstić information content (AvgIpc) is 3.48. The number of halogens is 2. The summed E-state index contributed by atoms with van der Waals surface area (Å²) in [5.41, 5.74) is 1.86. The third-order valence-electron chi connectivity index (χ3n) is 4.49. The summed E-state index contributed by atoms with van der Waals surface area (Å²) < 4.78 is 13.8. The van der Waals surface area contributed by atoms with E-state index < -0.39 is 12.0 Å². The number of aryl methyl sites for hydroxylation is 1. The fourth-order valence-corrected chi connectivity index (χ4v) is 3.37. The van der Waals surface area contributed by atoms with Crippen molar-refractivity contribution in [3.8, 4) is 11.3 Å². The highest BCUT2D eigenvalue weighted by Crippen LogP contribution is 2.36. The molecule has 2 amide bonds. The largest absolute Gasteiger partial charge is 0.357 e. The standard InChI is InChI=1S/C20H20ClFN4O2/c1-4-18(27)26(14-5-6-14)19(20(28)23-3)13-8-15(25-16(21)9-13)12-7-11(2)24-17(22)10-12/h4,7-10,14,19H,1,5-6H2,2-3H3,(H,23,28). The Hall–Kier alpha value is -2.80. The van der Waals surface area contributed by atoms with E-state index in [1.54, 1.807) is 25.1 Å². The van der Waals surface area contributed by atoms with Crippen LogP contribution in [0.15, 0.2) is 36.9 Å². The van der Waals surface area contributed by atoms with Crippen LogP contribution in [-0.4, -0.2) is 39.8 Å². The van der Waals surface area contributed by atoms with E-state index in [2.05, 4.69) is 21.9 Å². The van der Waals surface area contributed by atoms with Crippen LogP contribution in [0.25, 0.3) is 11.3 Å². The minimum Gasteiger partial charge on any atom is -0.357 e. The zero-order valence-corrected chi connectivity index (χ0v) is 16.3. The molecule has 2 aromatic rings. The van der Waals surface area contributed by atoms with Crippen molar-refractivity contribution in [3.63, 3.8) is 0 Å². The van der Waals surface area contributed by atoms with Gasteiger partial charge in [0.2, 0.25) is 17.8 Å². The molecule has 2 aromatic heterocycles. The molecule has 3 rings (SSSR count). The molecule has 1 unspecified atom stereocenters. The molecule has 0 aromatic carbocycles. The van der Waals surface area contributed by atoms with E-state index in [-0.39, 0.29) is 23.0 Å². The SMILES string of the molecule is C=CC(=O)N(C1CC1)C(C(=O)NC)c1cc(Cl)nc(-c2cc(C)nc(F)c2)c1. The van der Waals surface area contributed by atoms with Gasteiger partial charge in [-0.3, -0.25) is 9.59 Å². The van der Waals surface area contributed by atoms with Gasteiger partial charge in [0.1, 0.15) is 11.2 Å². The third-order valence-corrected chi connectivity index (χ3v) is 4.69. The second-order valence-corrected chi connectivity index (χ2v) is 7.01. The topological polar surface area (TPSA) is 75.2 Å². The van der Waals surface area contributed by atoms with E-state index in [9.17, 15) is 14.0 Å². The minimum absolute atomic E-state index is 0.0381. The van der Waals surface area contributed by atoms with Crippen LogP contribution in [0.5, 0.6) is 0 Å². The van der Waals surface area contributed by atoms with Crippen LogP contribution in [0.4, 0.5) is 4.39 Å². The smallest absolute Gasteiger partial charge is 0.247 e. The first-order valence-corrected chi connectivity index (χ1v) is 9.20. The Bertz CT molecular complexity index is 926. The zero-order chi connectivity index (χ0) is 20.4. The van der Waals surface area contributed by atoms with Gasteiger partial charge in [0, 0.05) is 30.4 Å². The zero-order valence-electron chi connectivity index (χ0n) is 15.6. The number of likely N-dealkylation sites (N-methyl/N-ethyl adjacent to an activating group) is 1. The monoisotopic (exact) mass is 402 g/mol. The van der Waals surface area contributed by atoms with Crippen LogP contribution in [0.2, 0.25) is 5.15 Å². The summed E-state index contributed by atoms with van der Waals surface area (Å²) in [6, 6.07) is 5.18. The summed E-state index contributed by atoms with van der Waals surface area (Å²) in [4.78, 5) is 34.7. The molecule has 0 radical (unpaired) electrons. The van der Waals surface area contributed by atoms with Crippen molar-refractivity contribution >= 4 is 23.4 Å². The number of nitrogens with zero attached hydrogens (tertiary/aromatic N) is 3. The maximum absolute atomic E-state index is 13.8. The van der Waals surface area contributed by atoms with E-state index in [0.717, 1.165) is 12.8 Å². The van der Waals surface area contributed by atoms with Crippen LogP contribution >= 0.6 is 11.6 Å². The van der Waals surface area contributed by atoms with E-state index in [1.165, 1.54) is 24.1 Å². The number of pyridine rings is 2. The number of aromatic nitrogens is 2. The van der Waals surface area contributed by atoms with Crippen LogP contribution in [0, 0.1) is 12.9 Å². The van der Waals surface area contributed by atoms with Crippen molar-refractivity contribution < 1.29 is 14.0 Å². The molecule has 1 saturated carbocycles. The Morgan fingerprint density at radius 2 is 2.04 bits per heavy atom. The van der Waals surface area contributed by atoms with Crippen molar-refractivity contribution in [2.24, 2.45) is 0 Å². The average molecular weight is 403 g/mol. The lowest BCUT2D eigenvalue weighted by atomic mass is 10.0. The van der Waals surface area contributed by atoms with E-state index in [1.807, 2.05) is 0 Å². The van der Waals surface area contributed by atoms with Crippen LogP contribution in [0.1, 0.15) is 30.1 Å². The number of rotatable bonds is 6. The van der Waals surface area contributed by atoms with Gasteiger partial charge in [0.25, 0.3) is 0 Å². The number of nitrogens with one attached hydrogen (secondary N) is 1. The lowest BCUT2D eigenvalue weighted by Gasteiger charge is -2.30. The number of hydrogen-bond acceptors (Lipinski definition) is 4. The molecule has 1 N–H and O–H groups in total. The first kappa shape index (κ1) is 19.9. The van der Waals surface area contributed by atoms with Gasteiger partial charge in [-0.2, -0.15) is 4.39 Å². The van der Waals surface area contributed by atoms with Gasteiger partial charge in [-0.25, -0.2) is 9.97 Å². The molecule has 1 aliphatic rings. The molecule has 6 nitrogen and oxygen atoms in total. The van der Waals surface area contributed by atoms with E-state index in [0.29, 0.717) is 22.5 Å². The summed E-state index contributed by atoms with van der Waals surface area (Å²) in [6.07, 6.45) is 2.82. The molecule has 8 heteroatoms. The van der Waals surface area contributed by atoms with Gasteiger partial charge in [-0.1, -0.05) is 18.2 Å².